The van der Waals surface area contributed by atoms with Gasteiger partial charge in [-0.2, -0.15) is 0 Å². The SMILES string of the molecule is Cc1cc(F)c2c(c1)CC(=O)[C@@]1(C)CC21. The third-order valence-corrected chi connectivity index (χ3v) is 3.93. The van der Waals surface area contributed by atoms with Crippen LogP contribution in [0, 0.1) is 18.2 Å². The van der Waals surface area contributed by atoms with Crippen molar-refractivity contribution >= 4 is 5.78 Å². The van der Waals surface area contributed by atoms with Gasteiger partial charge in [-0.3, -0.25) is 4.79 Å². The van der Waals surface area contributed by atoms with Crippen LogP contribution in [0.15, 0.2) is 12.1 Å². The molecule has 2 atom stereocenters. The van der Waals surface area contributed by atoms with Crippen LogP contribution >= 0.6 is 0 Å². The summed E-state index contributed by atoms with van der Waals surface area (Å²) < 4.78 is 13.8. The molecule has 1 aromatic carbocycles. The van der Waals surface area contributed by atoms with E-state index in [4.69, 9.17) is 0 Å². The van der Waals surface area contributed by atoms with Crippen LogP contribution in [-0.4, -0.2) is 5.78 Å². The molecule has 0 aromatic heterocycles. The van der Waals surface area contributed by atoms with Crippen LogP contribution in [-0.2, 0) is 11.2 Å². The topological polar surface area (TPSA) is 17.1 Å². The Morgan fingerprint density at radius 2 is 2.20 bits per heavy atom. The quantitative estimate of drug-likeness (QED) is 0.635. The number of benzene rings is 1. The minimum Gasteiger partial charge on any atom is -0.299 e. The molecule has 0 amide bonds. The molecule has 1 unspecified atom stereocenters. The van der Waals surface area contributed by atoms with Crippen molar-refractivity contribution in [1.82, 2.24) is 0 Å². The zero-order valence-corrected chi connectivity index (χ0v) is 8.93. The van der Waals surface area contributed by atoms with Gasteiger partial charge in [-0.05, 0) is 36.1 Å². The lowest BCUT2D eigenvalue weighted by molar-refractivity contribution is -0.123. The predicted octanol–water partition coefficient (Wildman–Crippen LogP) is 2.75. The van der Waals surface area contributed by atoms with Gasteiger partial charge in [0.1, 0.15) is 11.6 Å². The molecule has 1 fully saturated rings. The highest BCUT2D eigenvalue weighted by Crippen LogP contribution is 2.63. The molecule has 0 heterocycles. The van der Waals surface area contributed by atoms with Crippen LogP contribution in [0.4, 0.5) is 4.39 Å². The predicted molar refractivity (Wildman–Crippen MR) is 55.3 cm³/mol. The lowest BCUT2D eigenvalue weighted by Crippen LogP contribution is -2.23. The number of hydrogen-bond donors (Lipinski definition) is 0. The van der Waals surface area contributed by atoms with Crippen molar-refractivity contribution in [2.75, 3.05) is 0 Å². The summed E-state index contributed by atoms with van der Waals surface area (Å²) in [7, 11) is 0. The molecule has 0 spiro atoms. The first-order valence-corrected chi connectivity index (χ1v) is 5.34. The molecule has 3 rings (SSSR count). The van der Waals surface area contributed by atoms with Gasteiger partial charge in [0.15, 0.2) is 0 Å². The summed E-state index contributed by atoms with van der Waals surface area (Å²) in [5.41, 5.74) is 2.38. The van der Waals surface area contributed by atoms with Crippen molar-refractivity contribution in [2.24, 2.45) is 5.41 Å². The maximum Gasteiger partial charge on any atom is 0.143 e. The van der Waals surface area contributed by atoms with E-state index in [1.54, 1.807) is 6.07 Å². The number of fused-ring (bicyclic) bond motifs is 3. The number of carbonyl (C=O) groups excluding carboxylic acids is 1. The van der Waals surface area contributed by atoms with Crippen LogP contribution in [0.25, 0.3) is 0 Å². The van der Waals surface area contributed by atoms with E-state index in [1.165, 1.54) is 0 Å². The first kappa shape index (κ1) is 9.08. The van der Waals surface area contributed by atoms with E-state index in [0.29, 0.717) is 6.42 Å². The number of hydrogen-bond acceptors (Lipinski definition) is 1. The van der Waals surface area contributed by atoms with E-state index < -0.39 is 0 Å². The molecule has 1 aromatic rings. The van der Waals surface area contributed by atoms with Crippen molar-refractivity contribution in [1.29, 1.82) is 0 Å². The van der Waals surface area contributed by atoms with Crippen LogP contribution in [0.5, 0.6) is 0 Å². The fourth-order valence-electron chi connectivity index (χ4n) is 2.83. The van der Waals surface area contributed by atoms with E-state index >= 15 is 0 Å². The second-order valence-electron chi connectivity index (χ2n) is 5.09. The third-order valence-electron chi connectivity index (χ3n) is 3.93. The summed E-state index contributed by atoms with van der Waals surface area (Å²) in [6.45, 7) is 3.83. The van der Waals surface area contributed by atoms with Gasteiger partial charge < -0.3 is 0 Å². The molecule has 1 saturated carbocycles. The Hall–Kier alpha value is -1.18. The number of carbonyl (C=O) groups is 1. The molecule has 0 bridgehead atoms. The van der Waals surface area contributed by atoms with Gasteiger partial charge in [0.25, 0.3) is 0 Å². The number of rotatable bonds is 0. The number of Topliss-reactive ketones (excluding diaryl/α,β-unsaturated/α-hetero) is 1. The Labute approximate surface area is 88.3 Å². The highest BCUT2D eigenvalue weighted by Gasteiger charge is 2.59. The van der Waals surface area contributed by atoms with E-state index in [-0.39, 0.29) is 22.9 Å². The van der Waals surface area contributed by atoms with Crippen LogP contribution in [0.2, 0.25) is 0 Å². The summed E-state index contributed by atoms with van der Waals surface area (Å²) in [6.07, 6.45) is 1.25. The lowest BCUT2D eigenvalue weighted by atomic mass is 9.83. The third kappa shape index (κ3) is 1.05. The minimum atomic E-state index is -0.247. The zero-order chi connectivity index (χ0) is 10.8. The Morgan fingerprint density at radius 3 is 2.93 bits per heavy atom. The normalized spacial score (nSPS) is 32.2. The highest BCUT2D eigenvalue weighted by molar-refractivity contribution is 5.93. The average Bonchev–Trinajstić information content (AvgIpc) is 2.77. The van der Waals surface area contributed by atoms with Gasteiger partial charge in [-0.15, -0.1) is 0 Å². The molecule has 0 aliphatic heterocycles. The molecule has 0 radical (unpaired) electrons. The lowest BCUT2D eigenvalue weighted by Gasteiger charge is -2.20. The minimum absolute atomic E-state index is 0.119. The maximum absolute atomic E-state index is 13.8. The van der Waals surface area contributed by atoms with Gasteiger partial charge >= 0.3 is 0 Å². The number of halogens is 1. The monoisotopic (exact) mass is 204 g/mol. The van der Waals surface area contributed by atoms with Gasteiger partial charge in [0.05, 0.1) is 0 Å². The van der Waals surface area contributed by atoms with Crippen molar-refractivity contribution in [3.8, 4) is 0 Å². The van der Waals surface area contributed by atoms with E-state index in [9.17, 15) is 9.18 Å². The number of aryl methyl sites for hydroxylation is 1. The van der Waals surface area contributed by atoms with E-state index in [0.717, 1.165) is 23.1 Å². The first-order chi connectivity index (χ1) is 7.02. The van der Waals surface area contributed by atoms with Crippen molar-refractivity contribution in [3.05, 3.63) is 34.6 Å². The summed E-state index contributed by atoms with van der Waals surface area (Å²) in [5, 5.41) is 0. The van der Waals surface area contributed by atoms with Crippen LogP contribution in [0.3, 0.4) is 0 Å². The van der Waals surface area contributed by atoms with Crippen molar-refractivity contribution in [3.63, 3.8) is 0 Å². The number of ketones is 1. The highest BCUT2D eigenvalue weighted by atomic mass is 19.1. The Balaban J connectivity index is 2.21. The average molecular weight is 204 g/mol. The Bertz CT molecular complexity index is 478. The fourth-order valence-corrected chi connectivity index (χ4v) is 2.83. The van der Waals surface area contributed by atoms with Crippen molar-refractivity contribution in [2.45, 2.75) is 32.6 Å². The van der Waals surface area contributed by atoms with Gasteiger partial charge in [-0.1, -0.05) is 13.0 Å². The second-order valence-corrected chi connectivity index (χ2v) is 5.09. The summed E-state index contributed by atoms with van der Waals surface area (Å²) in [5.74, 6) is 0.311. The van der Waals surface area contributed by atoms with Gasteiger partial charge in [0.2, 0.25) is 0 Å². The molecular formula is C13H13FO. The van der Waals surface area contributed by atoms with E-state index in [1.807, 2.05) is 19.9 Å². The fraction of sp³-hybridized carbons (Fsp3) is 0.462. The van der Waals surface area contributed by atoms with Crippen LogP contribution < -0.4 is 0 Å². The molecule has 0 N–H and O–H groups in total. The Kier molecular flexibility index (Phi) is 1.51. The molecule has 0 saturated heterocycles. The van der Waals surface area contributed by atoms with E-state index in [2.05, 4.69) is 0 Å². The zero-order valence-electron chi connectivity index (χ0n) is 8.93. The molecule has 78 valence electrons. The molecule has 15 heavy (non-hydrogen) atoms. The van der Waals surface area contributed by atoms with Gasteiger partial charge in [0, 0.05) is 17.8 Å². The smallest absolute Gasteiger partial charge is 0.143 e. The second kappa shape index (κ2) is 2.49. The Morgan fingerprint density at radius 1 is 1.47 bits per heavy atom. The maximum atomic E-state index is 13.8. The standard InChI is InChI=1S/C13H13FO/c1-7-3-8-5-11(15)13(2)6-9(13)12(8)10(14)4-7/h3-4,9H,5-6H2,1-2H3/t9?,13-/m0/s1. The van der Waals surface area contributed by atoms with Crippen LogP contribution in [0.1, 0.15) is 36.0 Å². The first-order valence-electron chi connectivity index (χ1n) is 5.34. The summed E-state index contributed by atoms with van der Waals surface area (Å²) in [6, 6.07) is 3.53. The summed E-state index contributed by atoms with van der Waals surface area (Å²) in [4.78, 5) is 11.8. The largest absolute Gasteiger partial charge is 0.299 e. The van der Waals surface area contributed by atoms with Gasteiger partial charge in [-0.25, -0.2) is 4.39 Å². The molecule has 2 aliphatic rings. The molecular weight excluding hydrogens is 191 g/mol. The summed E-state index contributed by atoms with van der Waals surface area (Å²) >= 11 is 0. The molecule has 2 aliphatic carbocycles. The molecule has 2 heteroatoms. The molecule has 1 nitrogen and oxygen atoms in total. The van der Waals surface area contributed by atoms with Crippen molar-refractivity contribution < 1.29 is 9.18 Å².